The Bertz CT molecular complexity index is 708. The summed E-state index contributed by atoms with van der Waals surface area (Å²) in [6.45, 7) is 2.49. The Morgan fingerprint density at radius 3 is 2.38 bits per heavy atom. The van der Waals surface area contributed by atoms with Crippen LogP contribution in [0.4, 0.5) is 0 Å². The van der Waals surface area contributed by atoms with Crippen molar-refractivity contribution in [1.82, 2.24) is 4.31 Å². The lowest BCUT2D eigenvalue weighted by Crippen LogP contribution is -2.41. The van der Waals surface area contributed by atoms with Crippen molar-refractivity contribution in [3.63, 3.8) is 0 Å². The van der Waals surface area contributed by atoms with Crippen LogP contribution in [0.25, 0.3) is 0 Å². The lowest BCUT2D eigenvalue weighted by Gasteiger charge is -2.34. The van der Waals surface area contributed by atoms with E-state index in [0.29, 0.717) is 22.9 Å². The van der Waals surface area contributed by atoms with Gasteiger partial charge in [0.25, 0.3) is 0 Å². The van der Waals surface area contributed by atoms with Gasteiger partial charge in [0.1, 0.15) is 0 Å². The molecular formula is C13H15Br2NO4S. The first-order valence-corrected chi connectivity index (χ1v) is 9.61. The van der Waals surface area contributed by atoms with Crippen LogP contribution >= 0.6 is 31.9 Å². The highest BCUT2D eigenvalue weighted by molar-refractivity contribution is 9.12. The van der Waals surface area contributed by atoms with Gasteiger partial charge in [-0.1, -0.05) is 38.8 Å². The number of nitrogens with zero attached hydrogens (tertiary/aromatic N) is 1. The average molecular weight is 441 g/mol. The van der Waals surface area contributed by atoms with Gasteiger partial charge in [0.2, 0.25) is 10.0 Å². The molecule has 1 aromatic carbocycles. The Labute approximate surface area is 140 Å². The number of hydrogen-bond donors (Lipinski definition) is 0. The highest BCUT2D eigenvalue weighted by Gasteiger charge is 2.58. The molecule has 0 amide bonds. The lowest BCUT2D eigenvalue weighted by molar-refractivity contribution is 0.348. The predicted molar refractivity (Wildman–Crippen MR) is 86.2 cm³/mol. The molecule has 1 unspecified atom stereocenters. The summed E-state index contributed by atoms with van der Waals surface area (Å²) in [5, 5.41) is 0. The topological polar surface area (TPSA) is 55.8 Å². The third-order valence-electron chi connectivity index (χ3n) is 4.30. The summed E-state index contributed by atoms with van der Waals surface area (Å²) in [5.74, 6) is 0.960. The van der Waals surface area contributed by atoms with Crippen molar-refractivity contribution in [3.8, 4) is 11.5 Å². The maximum absolute atomic E-state index is 12.8. The molecule has 0 aliphatic carbocycles. The fourth-order valence-electron chi connectivity index (χ4n) is 3.05. The number of methoxy groups -OCH3 is 2. The second-order valence-electron chi connectivity index (χ2n) is 5.45. The molecule has 1 saturated heterocycles. The summed E-state index contributed by atoms with van der Waals surface area (Å²) in [7, 11) is -0.506. The van der Waals surface area contributed by atoms with Crippen LogP contribution in [0.15, 0.2) is 17.0 Å². The Balaban J connectivity index is 2.35. The molecular weight excluding hydrogens is 426 g/mol. The van der Waals surface area contributed by atoms with Crippen molar-refractivity contribution in [3.05, 3.63) is 17.7 Å². The minimum absolute atomic E-state index is 0.0286. The molecule has 2 aliphatic rings. The molecule has 1 aromatic rings. The zero-order valence-corrected chi connectivity index (χ0v) is 15.7. The Morgan fingerprint density at radius 1 is 1.24 bits per heavy atom. The van der Waals surface area contributed by atoms with Crippen molar-refractivity contribution in [1.29, 1.82) is 0 Å². The maximum Gasteiger partial charge on any atom is 0.244 e. The van der Waals surface area contributed by atoms with Gasteiger partial charge >= 0.3 is 0 Å². The SMILES string of the molecule is COc1cc2c(cc1OC)S(=O)(=O)N1C[C@@]2(C)[C@@H](Br)[C@H]1Br. The summed E-state index contributed by atoms with van der Waals surface area (Å²) < 4.78 is 37.7. The molecule has 116 valence electrons. The molecule has 2 heterocycles. The van der Waals surface area contributed by atoms with Crippen LogP contribution in [0.5, 0.6) is 11.5 Å². The van der Waals surface area contributed by atoms with Gasteiger partial charge < -0.3 is 9.47 Å². The van der Waals surface area contributed by atoms with Gasteiger partial charge in [-0.2, -0.15) is 4.31 Å². The summed E-state index contributed by atoms with van der Waals surface area (Å²) in [6.07, 6.45) is 0. The summed E-state index contributed by atoms with van der Waals surface area (Å²) in [4.78, 5) is -0.0173. The lowest BCUT2D eigenvalue weighted by atomic mass is 9.81. The van der Waals surface area contributed by atoms with Gasteiger partial charge in [-0.15, -0.1) is 0 Å². The number of rotatable bonds is 2. The number of alkyl halides is 2. The molecule has 0 spiro atoms. The predicted octanol–water partition coefficient (Wildman–Crippen LogP) is 2.46. The van der Waals surface area contributed by atoms with E-state index in [4.69, 9.17) is 9.47 Å². The number of ether oxygens (including phenoxy) is 2. The number of hydrogen-bond acceptors (Lipinski definition) is 4. The molecule has 2 aliphatic heterocycles. The van der Waals surface area contributed by atoms with E-state index < -0.39 is 10.0 Å². The van der Waals surface area contributed by atoms with E-state index in [1.54, 1.807) is 19.2 Å². The van der Waals surface area contributed by atoms with Crippen molar-refractivity contribution in [2.75, 3.05) is 20.8 Å². The minimum atomic E-state index is -3.55. The van der Waals surface area contributed by atoms with Gasteiger partial charge in [0.05, 0.1) is 28.9 Å². The Kier molecular flexibility index (Phi) is 3.59. The fourth-order valence-corrected chi connectivity index (χ4v) is 7.17. The molecule has 5 nitrogen and oxygen atoms in total. The largest absolute Gasteiger partial charge is 0.493 e. The number of fused-ring (bicyclic) bond motifs is 4. The Morgan fingerprint density at radius 2 is 1.81 bits per heavy atom. The zero-order chi connectivity index (χ0) is 15.6. The van der Waals surface area contributed by atoms with Crippen molar-refractivity contribution in [2.45, 2.75) is 27.0 Å². The number of sulfonamides is 1. The molecule has 0 N–H and O–H groups in total. The van der Waals surface area contributed by atoms with E-state index in [2.05, 4.69) is 38.8 Å². The van der Waals surface area contributed by atoms with Crippen LogP contribution in [-0.4, -0.2) is 43.3 Å². The van der Waals surface area contributed by atoms with Crippen molar-refractivity contribution < 1.29 is 17.9 Å². The van der Waals surface area contributed by atoms with Crippen LogP contribution in [0.3, 0.4) is 0 Å². The first-order chi connectivity index (χ1) is 9.77. The average Bonchev–Trinajstić information content (AvgIpc) is 2.69. The van der Waals surface area contributed by atoms with Crippen LogP contribution in [0, 0.1) is 0 Å². The monoisotopic (exact) mass is 439 g/mol. The fraction of sp³-hybridized carbons (Fsp3) is 0.538. The molecule has 4 atom stereocenters. The van der Waals surface area contributed by atoms with Crippen LogP contribution in [0.2, 0.25) is 0 Å². The van der Waals surface area contributed by atoms with E-state index in [0.717, 1.165) is 5.56 Å². The molecule has 3 rings (SSSR count). The molecule has 1 fully saturated rings. The second kappa shape index (κ2) is 4.84. The summed E-state index contributed by atoms with van der Waals surface area (Å²) in [6, 6.07) is 3.33. The zero-order valence-electron chi connectivity index (χ0n) is 11.8. The van der Waals surface area contributed by atoms with Gasteiger partial charge in [0, 0.05) is 18.0 Å². The molecule has 0 aromatic heterocycles. The van der Waals surface area contributed by atoms with Crippen LogP contribution in [-0.2, 0) is 15.4 Å². The Hall–Kier alpha value is -0.310. The summed E-state index contributed by atoms with van der Waals surface area (Å²) >= 11 is 7.13. The smallest absolute Gasteiger partial charge is 0.244 e. The van der Waals surface area contributed by atoms with Gasteiger partial charge in [-0.25, -0.2) is 8.42 Å². The summed E-state index contributed by atoms with van der Waals surface area (Å²) in [5.41, 5.74) is 0.439. The standard InChI is InChI=1S/C13H15Br2NO4S/c1-13-6-16(12(15)11(13)14)21(17,18)10-5-9(20-3)8(19-2)4-7(10)13/h4-5,11-12H,6H2,1-3H3/t11-,12-,13+/m0/s1. The molecule has 21 heavy (non-hydrogen) atoms. The number of halogens is 2. The first kappa shape index (κ1) is 15.6. The highest BCUT2D eigenvalue weighted by Crippen LogP contribution is 2.54. The van der Waals surface area contributed by atoms with Crippen molar-refractivity contribution in [2.24, 2.45) is 0 Å². The van der Waals surface area contributed by atoms with Gasteiger partial charge in [-0.3, -0.25) is 0 Å². The van der Waals surface area contributed by atoms with E-state index in [-0.39, 0.29) is 15.2 Å². The van der Waals surface area contributed by atoms with Crippen LogP contribution in [0.1, 0.15) is 12.5 Å². The van der Waals surface area contributed by atoms with Crippen LogP contribution < -0.4 is 9.47 Å². The first-order valence-electron chi connectivity index (χ1n) is 6.34. The normalized spacial score (nSPS) is 36.1. The quantitative estimate of drug-likeness (QED) is 0.523. The third-order valence-corrected chi connectivity index (χ3v) is 9.68. The minimum Gasteiger partial charge on any atom is -0.493 e. The second-order valence-corrected chi connectivity index (χ2v) is 9.23. The number of benzene rings is 1. The third kappa shape index (κ3) is 1.92. The molecule has 8 heteroatoms. The molecule has 2 bridgehead atoms. The van der Waals surface area contributed by atoms with E-state index in [1.807, 2.05) is 0 Å². The highest BCUT2D eigenvalue weighted by atomic mass is 79.9. The van der Waals surface area contributed by atoms with E-state index >= 15 is 0 Å². The van der Waals surface area contributed by atoms with Crippen molar-refractivity contribution >= 4 is 41.9 Å². The molecule has 0 radical (unpaired) electrons. The van der Waals surface area contributed by atoms with Gasteiger partial charge in [-0.05, 0) is 11.6 Å². The maximum atomic E-state index is 12.8. The van der Waals surface area contributed by atoms with Gasteiger partial charge in [0.15, 0.2) is 11.5 Å². The molecule has 0 saturated carbocycles. The van der Waals surface area contributed by atoms with E-state index in [1.165, 1.54) is 11.4 Å². The van der Waals surface area contributed by atoms with E-state index in [9.17, 15) is 8.42 Å².